The Morgan fingerprint density at radius 1 is 1.03 bits per heavy atom. The third-order valence-corrected chi connectivity index (χ3v) is 7.45. The average Bonchev–Trinajstić information content (AvgIpc) is 3.33. The molecule has 3 aromatic carbocycles. The molecule has 2 heterocycles. The predicted octanol–water partition coefficient (Wildman–Crippen LogP) is 6.60. The van der Waals surface area contributed by atoms with E-state index in [1.165, 1.54) is 5.56 Å². The number of allylic oxidation sites excluding steroid dienone is 1. The first kappa shape index (κ1) is 25.6. The monoisotopic (exact) mass is 525 g/mol. The van der Waals surface area contributed by atoms with Gasteiger partial charge in [0.05, 0.1) is 5.57 Å². The van der Waals surface area contributed by atoms with Gasteiger partial charge in [-0.25, -0.2) is 4.68 Å². The number of hydrogen-bond acceptors (Lipinski definition) is 6. The van der Waals surface area contributed by atoms with Gasteiger partial charge in [-0.15, -0.1) is 5.10 Å². The van der Waals surface area contributed by atoms with Crippen LogP contribution in [0, 0.1) is 6.92 Å². The Bertz CT molecular complexity index is 1460. The largest absolute Gasteiger partial charge is 0.489 e. The van der Waals surface area contributed by atoms with E-state index in [-0.39, 0.29) is 5.91 Å². The average molecular weight is 526 g/mol. The number of thioether (sulfide) groups is 1. The van der Waals surface area contributed by atoms with E-state index in [0.29, 0.717) is 29.0 Å². The molecule has 2 N–H and O–H groups in total. The number of aryl methyl sites for hydroxylation is 1. The van der Waals surface area contributed by atoms with Gasteiger partial charge in [0.1, 0.15) is 18.4 Å². The van der Waals surface area contributed by atoms with Crippen LogP contribution in [0.2, 0.25) is 0 Å². The number of carbonyl (C=O) groups excluding carboxylic acids is 1. The van der Waals surface area contributed by atoms with Crippen LogP contribution in [-0.2, 0) is 11.4 Å². The minimum absolute atomic E-state index is 0.205. The predicted molar refractivity (Wildman–Crippen MR) is 153 cm³/mol. The van der Waals surface area contributed by atoms with Gasteiger partial charge in [0.15, 0.2) is 0 Å². The standard InChI is InChI=1S/C30H31N5O2S/c1-4-18-38-30-33-29-31-21(3)26(28(36)32-23-14-6-5-7-15-23)27(35(29)34-30)24-16-10-11-17-25(24)37-19-22-13-9-8-12-20(22)2/h5-17,27H,4,18-19H2,1-3H3,(H,32,36)(H,31,33,34). The van der Waals surface area contributed by atoms with Gasteiger partial charge >= 0.3 is 0 Å². The molecule has 38 heavy (non-hydrogen) atoms. The molecule has 1 amide bonds. The fourth-order valence-electron chi connectivity index (χ4n) is 4.45. The normalized spacial score (nSPS) is 14.6. The molecular weight excluding hydrogens is 494 g/mol. The molecule has 4 aromatic rings. The minimum Gasteiger partial charge on any atom is -0.489 e. The number of rotatable bonds is 9. The van der Waals surface area contributed by atoms with Crippen molar-refractivity contribution in [2.24, 2.45) is 0 Å². The van der Waals surface area contributed by atoms with Crippen LogP contribution in [0.4, 0.5) is 11.6 Å². The molecule has 194 valence electrons. The van der Waals surface area contributed by atoms with Crippen molar-refractivity contribution in [2.75, 3.05) is 16.4 Å². The van der Waals surface area contributed by atoms with Crippen molar-refractivity contribution >= 4 is 29.3 Å². The highest BCUT2D eigenvalue weighted by Gasteiger charge is 2.36. The van der Waals surface area contributed by atoms with Crippen LogP contribution in [-0.4, -0.2) is 26.4 Å². The molecule has 8 heteroatoms. The summed E-state index contributed by atoms with van der Waals surface area (Å²) >= 11 is 1.60. The van der Waals surface area contributed by atoms with E-state index in [1.54, 1.807) is 16.4 Å². The molecular formula is C30H31N5O2S. The van der Waals surface area contributed by atoms with Crippen molar-refractivity contribution in [1.29, 1.82) is 0 Å². The van der Waals surface area contributed by atoms with Crippen molar-refractivity contribution in [3.63, 3.8) is 0 Å². The fourth-order valence-corrected chi connectivity index (χ4v) is 5.14. The lowest BCUT2D eigenvalue weighted by atomic mass is 9.94. The Labute approximate surface area is 227 Å². The zero-order valence-corrected chi connectivity index (χ0v) is 22.6. The molecule has 0 aliphatic carbocycles. The van der Waals surface area contributed by atoms with Crippen LogP contribution in [0.25, 0.3) is 0 Å². The second kappa shape index (κ2) is 11.6. The van der Waals surface area contributed by atoms with E-state index < -0.39 is 6.04 Å². The van der Waals surface area contributed by atoms with Crippen LogP contribution in [0.3, 0.4) is 0 Å². The van der Waals surface area contributed by atoms with E-state index in [0.717, 1.165) is 34.7 Å². The zero-order valence-electron chi connectivity index (χ0n) is 21.8. The number of anilines is 2. The number of hydrogen-bond donors (Lipinski definition) is 2. The number of fused-ring (bicyclic) bond motifs is 1. The third-order valence-electron chi connectivity index (χ3n) is 6.40. The van der Waals surface area contributed by atoms with Gasteiger partial charge in [-0.2, -0.15) is 4.98 Å². The molecule has 1 aromatic heterocycles. The van der Waals surface area contributed by atoms with Gasteiger partial charge in [-0.1, -0.05) is 79.3 Å². The minimum atomic E-state index is -0.522. The summed E-state index contributed by atoms with van der Waals surface area (Å²) in [6.45, 7) is 6.53. The van der Waals surface area contributed by atoms with Crippen molar-refractivity contribution < 1.29 is 9.53 Å². The maximum atomic E-state index is 13.8. The van der Waals surface area contributed by atoms with Crippen LogP contribution in [0.15, 0.2) is 95.3 Å². The molecule has 0 bridgehead atoms. The first-order valence-corrected chi connectivity index (χ1v) is 13.7. The second-order valence-corrected chi connectivity index (χ2v) is 10.2. The summed E-state index contributed by atoms with van der Waals surface area (Å²) in [6.07, 6.45) is 1.02. The number of nitrogens with zero attached hydrogens (tertiary/aromatic N) is 3. The highest BCUT2D eigenvalue weighted by Crippen LogP contribution is 2.40. The molecule has 5 rings (SSSR count). The number of amides is 1. The molecule has 1 aliphatic heterocycles. The number of carbonyl (C=O) groups is 1. The Hall–Kier alpha value is -4.04. The molecule has 0 saturated heterocycles. The summed E-state index contributed by atoms with van der Waals surface area (Å²) in [4.78, 5) is 18.5. The lowest BCUT2D eigenvalue weighted by Crippen LogP contribution is -2.31. The van der Waals surface area contributed by atoms with E-state index >= 15 is 0 Å². The SMILES string of the molecule is CCCSc1nc2n(n1)C(c1ccccc1OCc1ccccc1C)C(C(=O)Nc1ccccc1)=C(C)N2. The summed E-state index contributed by atoms with van der Waals surface area (Å²) in [7, 11) is 0. The van der Waals surface area contributed by atoms with E-state index in [4.69, 9.17) is 14.8 Å². The lowest BCUT2D eigenvalue weighted by Gasteiger charge is -2.29. The Morgan fingerprint density at radius 2 is 1.76 bits per heavy atom. The van der Waals surface area contributed by atoms with Crippen molar-refractivity contribution in [3.05, 3.63) is 107 Å². The molecule has 1 unspecified atom stereocenters. The van der Waals surface area contributed by atoms with Gasteiger partial charge in [0, 0.05) is 22.7 Å². The molecule has 1 aliphatic rings. The van der Waals surface area contributed by atoms with Gasteiger partial charge in [-0.3, -0.25) is 4.79 Å². The van der Waals surface area contributed by atoms with Crippen molar-refractivity contribution in [3.8, 4) is 5.75 Å². The third kappa shape index (κ3) is 5.45. The summed E-state index contributed by atoms with van der Waals surface area (Å²) in [5.41, 5.74) is 5.14. The van der Waals surface area contributed by atoms with Crippen molar-refractivity contribution in [1.82, 2.24) is 14.8 Å². The highest BCUT2D eigenvalue weighted by molar-refractivity contribution is 7.99. The van der Waals surface area contributed by atoms with Crippen LogP contribution in [0.5, 0.6) is 5.75 Å². The highest BCUT2D eigenvalue weighted by atomic mass is 32.2. The number of aromatic nitrogens is 3. The molecule has 0 radical (unpaired) electrons. The van der Waals surface area contributed by atoms with Gasteiger partial charge in [-0.05, 0) is 49.6 Å². The van der Waals surface area contributed by atoms with Crippen LogP contribution in [0.1, 0.15) is 43.0 Å². The van der Waals surface area contributed by atoms with E-state index in [9.17, 15) is 4.79 Å². The Balaban J connectivity index is 1.55. The lowest BCUT2D eigenvalue weighted by molar-refractivity contribution is -0.113. The summed E-state index contributed by atoms with van der Waals surface area (Å²) in [6, 6.07) is 25.0. The van der Waals surface area contributed by atoms with Gasteiger partial charge in [0.2, 0.25) is 11.1 Å². The quantitative estimate of drug-likeness (QED) is 0.240. The number of ether oxygens (including phenoxy) is 1. The molecule has 0 saturated carbocycles. The first-order chi connectivity index (χ1) is 18.5. The Morgan fingerprint density at radius 3 is 2.55 bits per heavy atom. The first-order valence-electron chi connectivity index (χ1n) is 12.7. The molecule has 1 atom stereocenters. The summed E-state index contributed by atoms with van der Waals surface area (Å²) in [5, 5.41) is 11.9. The summed E-state index contributed by atoms with van der Waals surface area (Å²) < 4.78 is 8.19. The molecule has 7 nitrogen and oxygen atoms in total. The fraction of sp³-hybridized carbons (Fsp3) is 0.233. The number of para-hydroxylation sites is 2. The van der Waals surface area contributed by atoms with E-state index in [1.807, 2.05) is 73.7 Å². The number of benzene rings is 3. The summed E-state index contributed by atoms with van der Waals surface area (Å²) in [5.74, 6) is 2.02. The smallest absolute Gasteiger partial charge is 0.255 e. The maximum absolute atomic E-state index is 13.8. The topological polar surface area (TPSA) is 81.1 Å². The molecule has 0 fully saturated rings. The zero-order chi connectivity index (χ0) is 26.5. The maximum Gasteiger partial charge on any atom is 0.255 e. The molecule has 0 spiro atoms. The van der Waals surface area contributed by atoms with Gasteiger partial charge < -0.3 is 15.4 Å². The number of nitrogens with one attached hydrogen (secondary N) is 2. The second-order valence-electron chi connectivity index (χ2n) is 9.15. The van der Waals surface area contributed by atoms with Crippen molar-refractivity contribution in [2.45, 2.75) is 45.0 Å². The van der Waals surface area contributed by atoms with Crippen LogP contribution < -0.4 is 15.4 Å². The Kier molecular flexibility index (Phi) is 7.79. The van der Waals surface area contributed by atoms with Gasteiger partial charge in [0.25, 0.3) is 5.91 Å². The van der Waals surface area contributed by atoms with Crippen LogP contribution >= 0.6 is 11.8 Å². The van der Waals surface area contributed by atoms with E-state index in [2.05, 4.69) is 36.6 Å².